The number of hydrogen-bond donors (Lipinski definition) is 2. The van der Waals surface area contributed by atoms with Crippen LogP contribution in [0.5, 0.6) is 0 Å². The summed E-state index contributed by atoms with van der Waals surface area (Å²) in [6, 6.07) is 26.3. The average molecular weight is 501 g/mol. The molecule has 0 amide bonds. The third-order valence-corrected chi connectivity index (χ3v) is 7.50. The molecular weight excluding hydrogens is 472 g/mol. The van der Waals surface area contributed by atoms with Gasteiger partial charge in [-0.25, -0.2) is 8.42 Å². The summed E-state index contributed by atoms with van der Waals surface area (Å²) < 4.78 is 29.8. The van der Waals surface area contributed by atoms with Crippen LogP contribution in [-0.2, 0) is 24.1 Å². The van der Waals surface area contributed by atoms with Gasteiger partial charge in [-0.1, -0.05) is 24.3 Å². The number of nitrogens with zero attached hydrogens (tertiary/aromatic N) is 4. The summed E-state index contributed by atoms with van der Waals surface area (Å²) in [7, 11) is 0.367. The molecular formula is C27H28N6O2S. The van der Waals surface area contributed by atoms with E-state index in [1.165, 1.54) is 0 Å². The molecule has 0 saturated heterocycles. The van der Waals surface area contributed by atoms with E-state index >= 15 is 0 Å². The molecule has 2 aromatic carbocycles. The minimum atomic E-state index is -3.34. The number of benzene rings is 2. The minimum Gasteiger partial charge on any atom is -0.399 e. The minimum absolute atomic E-state index is 0.483. The predicted octanol–water partition coefficient (Wildman–Crippen LogP) is 4.86. The number of nitrogens with two attached hydrogens (primary N) is 1. The highest BCUT2D eigenvalue weighted by Crippen LogP contribution is 2.24. The van der Waals surface area contributed by atoms with E-state index in [2.05, 4.69) is 16.9 Å². The molecule has 0 unspecified atom stereocenters. The Kier molecular flexibility index (Phi) is 7.88. The first-order valence-electron chi connectivity index (χ1n) is 11.2. The molecule has 9 heteroatoms. The van der Waals surface area contributed by atoms with Crippen LogP contribution in [0.1, 0.15) is 25.2 Å². The molecule has 8 nitrogen and oxygen atoms in total. The SMILES string of the molecule is CC(C)S(=O)(=O)Nc1ccc(-c2ccc(C#N)n2C)cc1.Cn1c(C#N)ccc1-c1ccc(N)cc1. The first-order chi connectivity index (χ1) is 17.1. The lowest BCUT2D eigenvalue weighted by Gasteiger charge is -2.11. The maximum Gasteiger partial charge on any atom is 0.235 e. The molecule has 0 aliphatic heterocycles. The van der Waals surface area contributed by atoms with E-state index in [0.29, 0.717) is 17.1 Å². The van der Waals surface area contributed by atoms with Crippen molar-refractivity contribution in [2.75, 3.05) is 10.5 Å². The van der Waals surface area contributed by atoms with Crippen LogP contribution in [0.15, 0.2) is 72.8 Å². The van der Waals surface area contributed by atoms with Crippen molar-refractivity contribution in [3.8, 4) is 34.7 Å². The number of sulfonamides is 1. The maximum atomic E-state index is 11.8. The monoisotopic (exact) mass is 500 g/mol. The van der Waals surface area contributed by atoms with E-state index in [4.69, 9.17) is 16.3 Å². The molecule has 4 rings (SSSR count). The van der Waals surface area contributed by atoms with E-state index in [1.807, 2.05) is 73.3 Å². The number of rotatable bonds is 5. The van der Waals surface area contributed by atoms with Crippen LogP contribution < -0.4 is 10.5 Å². The largest absolute Gasteiger partial charge is 0.399 e. The Morgan fingerprint density at radius 1 is 0.750 bits per heavy atom. The van der Waals surface area contributed by atoms with Crippen molar-refractivity contribution in [2.45, 2.75) is 19.1 Å². The number of nitrogen functional groups attached to an aromatic ring is 1. The van der Waals surface area contributed by atoms with Crippen molar-refractivity contribution in [3.05, 3.63) is 84.2 Å². The zero-order chi connectivity index (χ0) is 26.5. The summed E-state index contributed by atoms with van der Waals surface area (Å²) in [5.41, 5.74) is 12.0. The third-order valence-electron chi connectivity index (χ3n) is 5.74. The van der Waals surface area contributed by atoms with Crippen LogP contribution in [0.3, 0.4) is 0 Å². The van der Waals surface area contributed by atoms with Crippen LogP contribution in [0.25, 0.3) is 22.5 Å². The number of hydrogen-bond acceptors (Lipinski definition) is 5. The van der Waals surface area contributed by atoms with Gasteiger partial charge in [-0.15, -0.1) is 0 Å². The fourth-order valence-corrected chi connectivity index (χ4v) is 4.17. The molecule has 0 aliphatic rings. The lowest BCUT2D eigenvalue weighted by atomic mass is 10.1. The maximum absolute atomic E-state index is 11.8. The summed E-state index contributed by atoms with van der Waals surface area (Å²) in [6.45, 7) is 3.26. The number of anilines is 2. The Morgan fingerprint density at radius 3 is 1.53 bits per heavy atom. The molecule has 0 fully saturated rings. The van der Waals surface area contributed by atoms with Gasteiger partial charge in [0.15, 0.2) is 0 Å². The van der Waals surface area contributed by atoms with E-state index in [1.54, 1.807) is 36.6 Å². The van der Waals surface area contributed by atoms with Crippen LogP contribution in [-0.4, -0.2) is 22.8 Å². The number of nitrogens with one attached hydrogen (secondary N) is 1. The average Bonchev–Trinajstić information content (AvgIpc) is 3.42. The zero-order valence-electron chi connectivity index (χ0n) is 20.6. The molecule has 0 bridgehead atoms. The smallest absolute Gasteiger partial charge is 0.235 e. The van der Waals surface area contributed by atoms with Gasteiger partial charge >= 0.3 is 0 Å². The van der Waals surface area contributed by atoms with Gasteiger partial charge in [-0.2, -0.15) is 10.5 Å². The highest BCUT2D eigenvalue weighted by atomic mass is 32.2. The van der Waals surface area contributed by atoms with Crippen molar-refractivity contribution in [3.63, 3.8) is 0 Å². The molecule has 0 spiro atoms. The zero-order valence-corrected chi connectivity index (χ0v) is 21.4. The van der Waals surface area contributed by atoms with Crippen molar-refractivity contribution in [2.24, 2.45) is 14.1 Å². The van der Waals surface area contributed by atoms with Gasteiger partial charge in [0.1, 0.15) is 23.5 Å². The van der Waals surface area contributed by atoms with Gasteiger partial charge < -0.3 is 14.9 Å². The first kappa shape index (κ1) is 26.1. The molecule has 2 aromatic heterocycles. The fourth-order valence-electron chi connectivity index (χ4n) is 3.47. The van der Waals surface area contributed by atoms with Gasteiger partial charge in [-0.05, 0) is 73.5 Å². The fraction of sp³-hybridized carbons (Fsp3) is 0.185. The van der Waals surface area contributed by atoms with Crippen LogP contribution in [0.4, 0.5) is 11.4 Å². The standard InChI is InChI=1S/C15H17N3O2S.C12H11N3/c1-11(2)21(19,20)17-13-6-4-12(5-7-13)15-9-8-14(10-16)18(15)3;1-15-11(8-13)6-7-12(15)9-2-4-10(14)5-3-9/h4-9,11,17H,1-3H3;2-7H,14H2,1H3. The van der Waals surface area contributed by atoms with Gasteiger partial charge in [-0.3, -0.25) is 4.72 Å². The highest BCUT2D eigenvalue weighted by Gasteiger charge is 2.15. The van der Waals surface area contributed by atoms with Crippen LogP contribution in [0.2, 0.25) is 0 Å². The van der Waals surface area contributed by atoms with Gasteiger partial charge in [0.25, 0.3) is 0 Å². The highest BCUT2D eigenvalue weighted by molar-refractivity contribution is 7.93. The lowest BCUT2D eigenvalue weighted by molar-refractivity contribution is 0.593. The summed E-state index contributed by atoms with van der Waals surface area (Å²) in [5, 5.41) is 17.3. The summed E-state index contributed by atoms with van der Waals surface area (Å²) in [4.78, 5) is 0. The molecule has 0 atom stereocenters. The second kappa shape index (κ2) is 10.9. The summed E-state index contributed by atoms with van der Waals surface area (Å²) in [5.74, 6) is 0. The predicted molar refractivity (Wildman–Crippen MR) is 143 cm³/mol. The molecule has 2 heterocycles. The summed E-state index contributed by atoms with van der Waals surface area (Å²) in [6.07, 6.45) is 0. The Labute approximate surface area is 211 Å². The normalized spacial score (nSPS) is 10.8. The molecule has 4 aromatic rings. The second-order valence-corrected chi connectivity index (χ2v) is 10.7. The second-order valence-electron chi connectivity index (χ2n) is 8.44. The van der Waals surface area contributed by atoms with Crippen molar-refractivity contribution in [1.29, 1.82) is 10.5 Å². The van der Waals surface area contributed by atoms with Gasteiger partial charge in [0.05, 0.1) is 5.25 Å². The Hall–Kier alpha value is -4.47. The van der Waals surface area contributed by atoms with E-state index in [-0.39, 0.29) is 0 Å². The summed E-state index contributed by atoms with van der Waals surface area (Å²) >= 11 is 0. The van der Waals surface area contributed by atoms with Gasteiger partial charge in [0.2, 0.25) is 10.0 Å². The quantitative estimate of drug-likeness (QED) is 0.378. The molecule has 0 saturated carbocycles. The van der Waals surface area contributed by atoms with Crippen LogP contribution >= 0.6 is 0 Å². The van der Waals surface area contributed by atoms with Crippen molar-refractivity contribution >= 4 is 21.4 Å². The van der Waals surface area contributed by atoms with E-state index in [0.717, 1.165) is 28.2 Å². The Bertz CT molecular complexity index is 1530. The molecule has 36 heavy (non-hydrogen) atoms. The Morgan fingerprint density at radius 2 is 1.17 bits per heavy atom. The van der Waals surface area contributed by atoms with Crippen LogP contribution in [0, 0.1) is 22.7 Å². The number of aromatic nitrogens is 2. The van der Waals surface area contributed by atoms with E-state index in [9.17, 15) is 8.42 Å². The topological polar surface area (TPSA) is 130 Å². The molecule has 184 valence electrons. The third kappa shape index (κ3) is 5.77. The lowest BCUT2D eigenvalue weighted by Crippen LogP contribution is -2.22. The van der Waals surface area contributed by atoms with E-state index < -0.39 is 15.3 Å². The molecule has 0 radical (unpaired) electrons. The van der Waals surface area contributed by atoms with Crippen molar-refractivity contribution in [1.82, 2.24) is 9.13 Å². The molecule has 3 N–H and O–H groups in total. The van der Waals surface area contributed by atoms with Gasteiger partial charge in [0, 0.05) is 36.9 Å². The first-order valence-corrected chi connectivity index (χ1v) is 12.7. The number of nitriles is 2. The Balaban J connectivity index is 0.000000212. The van der Waals surface area contributed by atoms with Crippen molar-refractivity contribution < 1.29 is 8.42 Å². The molecule has 0 aliphatic carbocycles.